The van der Waals surface area contributed by atoms with Crippen LogP contribution in [0.25, 0.3) is 11.3 Å². The van der Waals surface area contributed by atoms with Gasteiger partial charge in [0.25, 0.3) is 0 Å². The molecular weight excluding hydrogens is 350 g/mol. The van der Waals surface area contributed by atoms with Gasteiger partial charge in [0.05, 0.1) is 0 Å². The molecule has 5 nitrogen and oxygen atoms in total. The molecule has 0 saturated heterocycles. The zero-order valence-corrected chi connectivity index (χ0v) is 12.8. The van der Waals surface area contributed by atoms with E-state index in [2.05, 4.69) is 20.9 Å². The molecule has 0 fully saturated rings. The number of halogens is 1. The number of nitrogens with zero attached hydrogens (tertiary/aromatic N) is 1. The second-order valence-corrected chi connectivity index (χ2v) is 5.25. The van der Waals surface area contributed by atoms with Crippen molar-refractivity contribution in [3.05, 3.63) is 65.1 Å². The zero-order chi connectivity index (χ0) is 15.5. The van der Waals surface area contributed by atoms with Crippen LogP contribution in [0.15, 0.2) is 63.8 Å². The van der Waals surface area contributed by atoms with Crippen LogP contribution in [0.1, 0.15) is 10.5 Å². The number of carboxylic acids is 1. The second-order valence-electron chi connectivity index (χ2n) is 4.39. The molecule has 0 atom stereocenters. The number of carboxylic acid groups (broad SMARTS) is 1. The average molecular weight is 360 g/mol. The van der Waals surface area contributed by atoms with Crippen LogP contribution in [0.5, 0.6) is 11.5 Å². The molecule has 3 aromatic rings. The van der Waals surface area contributed by atoms with Crippen molar-refractivity contribution < 1.29 is 19.1 Å². The Labute approximate surface area is 134 Å². The molecule has 0 spiro atoms. The van der Waals surface area contributed by atoms with Crippen LogP contribution in [0.3, 0.4) is 0 Å². The highest BCUT2D eigenvalue weighted by atomic mass is 79.9. The SMILES string of the molecule is O=C(O)c1ncoc1-c1ccc(Oc2ccccc2)cc1Br. The van der Waals surface area contributed by atoms with Crippen molar-refractivity contribution in [2.75, 3.05) is 0 Å². The van der Waals surface area contributed by atoms with Gasteiger partial charge in [0.2, 0.25) is 0 Å². The minimum absolute atomic E-state index is 0.127. The van der Waals surface area contributed by atoms with Gasteiger partial charge in [-0.25, -0.2) is 9.78 Å². The number of oxazole rings is 1. The van der Waals surface area contributed by atoms with E-state index in [1.807, 2.05) is 30.3 Å². The number of ether oxygens (including phenoxy) is 1. The van der Waals surface area contributed by atoms with E-state index in [9.17, 15) is 4.79 Å². The summed E-state index contributed by atoms with van der Waals surface area (Å²) in [5.74, 6) is 0.400. The Morgan fingerprint density at radius 2 is 1.91 bits per heavy atom. The van der Waals surface area contributed by atoms with Crippen molar-refractivity contribution in [3.8, 4) is 22.8 Å². The first kappa shape index (κ1) is 14.3. The molecule has 0 unspecified atom stereocenters. The molecule has 1 aromatic heterocycles. The van der Waals surface area contributed by atoms with E-state index in [1.165, 1.54) is 0 Å². The summed E-state index contributed by atoms with van der Waals surface area (Å²) in [7, 11) is 0. The van der Waals surface area contributed by atoms with Gasteiger partial charge in [0.1, 0.15) is 11.5 Å². The quantitative estimate of drug-likeness (QED) is 0.737. The number of carbonyl (C=O) groups is 1. The van der Waals surface area contributed by atoms with Crippen LogP contribution in [-0.2, 0) is 0 Å². The Balaban J connectivity index is 1.92. The molecule has 0 saturated carbocycles. The number of aromatic carboxylic acids is 1. The Morgan fingerprint density at radius 1 is 1.14 bits per heavy atom. The summed E-state index contributed by atoms with van der Waals surface area (Å²) >= 11 is 3.40. The monoisotopic (exact) mass is 359 g/mol. The molecule has 0 bridgehead atoms. The molecular formula is C16H10BrNO4. The highest BCUT2D eigenvalue weighted by Gasteiger charge is 2.19. The lowest BCUT2D eigenvalue weighted by atomic mass is 10.1. The number of benzene rings is 2. The first-order chi connectivity index (χ1) is 10.6. The van der Waals surface area contributed by atoms with Gasteiger partial charge < -0.3 is 14.3 Å². The van der Waals surface area contributed by atoms with Crippen molar-refractivity contribution in [3.63, 3.8) is 0 Å². The van der Waals surface area contributed by atoms with E-state index in [0.29, 0.717) is 21.5 Å². The van der Waals surface area contributed by atoms with E-state index in [0.717, 1.165) is 6.39 Å². The topological polar surface area (TPSA) is 72.6 Å². The summed E-state index contributed by atoms with van der Waals surface area (Å²) in [5, 5.41) is 9.09. The van der Waals surface area contributed by atoms with Crippen LogP contribution >= 0.6 is 15.9 Å². The first-order valence-corrected chi connectivity index (χ1v) is 7.14. The lowest BCUT2D eigenvalue weighted by Crippen LogP contribution is -1.98. The van der Waals surface area contributed by atoms with Gasteiger partial charge in [-0.05, 0) is 46.3 Å². The number of rotatable bonds is 4. The number of hydrogen-bond donors (Lipinski definition) is 1. The normalized spacial score (nSPS) is 10.4. The second kappa shape index (κ2) is 6.03. The maximum Gasteiger partial charge on any atom is 0.358 e. The average Bonchev–Trinajstić information content (AvgIpc) is 2.98. The molecule has 1 heterocycles. The summed E-state index contributed by atoms with van der Waals surface area (Å²) in [6.07, 6.45) is 1.11. The van der Waals surface area contributed by atoms with Gasteiger partial charge in [-0.2, -0.15) is 0 Å². The third-order valence-corrected chi connectivity index (χ3v) is 3.59. The van der Waals surface area contributed by atoms with Crippen molar-refractivity contribution in [2.24, 2.45) is 0 Å². The summed E-state index contributed by atoms with van der Waals surface area (Å²) < 4.78 is 11.6. The molecule has 3 rings (SSSR count). The maximum atomic E-state index is 11.1. The van der Waals surface area contributed by atoms with Crippen LogP contribution in [0.4, 0.5) is 0 Å². The van der Waals surface area contributed by atoms with E-state index >= 15 is 0 Å². The highest BCUT2D eigenvalue weighted by molar-refractivity contribution is 9.10. The predicted octanol–water partition coefficient (Wildman–Crippen LogP) is 4.59. The van der Waals surface area contributed by atoms with Gasteiger partial charge >= 0.3 is 5.97 Å². The fourth-order valence-corrected chi connectivity index (χ4v) is 2.50. The first-order valence-electron chi connectivity index (χ1n) is 6.35. The van der Waals surface area contributed by atoms with Crippen LogP contribution in [0.2, 0.25) is 0 Å². The summed E-state index contributed by atoms with van der Waals surface area (Å²) in [5.41, 5.74) is 0.465. The smallest absolute Gasteiger partial charge is 0.358 e. The molecule has 6 heteroatoms. The minimum Gasteiger partial charge on any atom is -0.476 e. The van der Waals surface area contributed by atoms with Gasteiger partial charge in [-0.1, -0.05) is 18.2 Å². The third-order valence-electron chi connectivity index (χ3n) is 2.93. The van der Waals surface area contributed by atoms with Crippen LogP contribution in [-0.4, -0.2) is 16.1 Å². The van der Waals surface area contributed by atoms with Gasteiger partial charge in [-0.3, -0.25) is 0 Å². The van der Waals surface area contributed by atoms with Crippen molar-refractivity contribution >= 4 is 21.9 Å². The summed E-state index contributed by atoms with van der Waals surface area (Å²) in [6.45, 7) is 0. The molecule has 22 heavy (non-hydrogen) atoms. The summed E-state index contributed by atoms with van der Waals surface area (Å²) in [4.78, 5) is 14.8. The van der Waals surface area contributed by atoms with Crippen molar-refractivity contribution in [1.29, 1.82) is 0 Å². The lowest BCUT2D eigenvalue weighted by Gasteiger charge is -2.08. The van der Waals surface area contributed by atoms with E-state index in [1.54, 1.807) is 18.2 Å². The Morgan fingerprint density at radius 3 is 2.59 bits per heavy atom. The Bertz CT molecular complexity index is 814. The largest absolute Gasteiger partial charge is 0.476 e. The minimum atomic E-state index is -1.14. The standard InChI is InChI=1S/C16H10BrNO4/c17-13-8-11(22-10-4-2-1-3-5-10)6-7-12(13)15-14(16(19)20)18-9-21-15/h1-9H,(H,19,20). The van der Waals surface area contributed by atoms with Crippen LogP contribution in [0, 0.1) is 0 Å². The van der Waals surface area contributed by atoms with E-state index < -0.39 is 5.97 Å². The highest BCUT2D eigenvalue weighted by Crippen LogP contribution is 2.34. The zero-order valence-electron chi connectivity index (χ0n) is 11.2. The van der Waals surface area contributed by atoms with Crippen LogP contribution < -0.4 is 4.74 Å². The van der Waals surface area contributed by atoms with E-state index in [-0.39, 0.29) is 11.5 Å². The molecule has 0 aliphatic rings. The van der Waals surface area contributed by atoms with Gasteiger partial charge in [0, 0.05) is 10.0 Å². The van der Waals surface area contributed by atoms with Crippen molar-refractivity contribution in [1.82, 2.24) is 4.98 Å². The van der Waals surface area contributed by atoms with Crippen molar-refractivity contribution in [2.45, 2.75) is 0 Å². The number of aromatic nitrogens is 1. The maximum absolute atomic E-state index is 11.1. The number of hydrogen-bond acceptors (Lipinski definition) is 4. The number of para-hydroxylation sites is 1. The molecule has 0 aliphatic carbocycles. The third kappa shape index (κ3) is 2.87. The lowest BCUT2D eigenvalue weighted by molar-refractivity contribution is 0.0691. The molecule has 0 radical (unpaired) electrons. The molecule has 0 amide bonds. The van der Waals surface area contributed by atoms with E-state index in [4.69, 9.17) is 14.3 Å². The van der Waals surface area contributed by atoms with Gasteiger partial charge in [0.15, 0.2) is 17.8 Å². The van der Waals surface area contributed by atoms with Gasteiger partial charge in [-0.15, -0.1) is 0 Å². The predicted molar refractivity (Wildman–Crippen MR) is 83.1 cm³/mol. The fourth-order valence-electron chi connectivity index (χ4n) is 1.96. The Kier molecular flexibility index (Phi) is 3.93. The Hall–Kier alpha value is -2.60. The molecule has 2 aromatic carbocycles. The fraction of sp³-hybridized carbons (Fsp3) is 0. The molecule has 1 N–H and O–H groups in total. The molecule has 110 valence electrons. The summed E-state index contributed by atoms with van der Waals surface area (Å²) in [6, 6.07) is 14.6. The molecule has 0 aliphatic heterocycles.